The molecule has 0 aliphatic carbocycles. The zero-order valence-electron chi connectivity index (χ0n) is 30.3. The molecule has 0 amide bonds. The monoisotopic (exact) mass is 622 g/mol. The fourth-order valence-electron chi connectivity index (χ4n) is 7.00. The molecule has 0 aliphatic heterocycles. The molecule has 0 aromatic heterocycles. The second-order valence-corrected chi connectivity index (χ2v) is 13.6. The summed E-state index contributed by atoms with van der Waals surface area (Å²) < 4.78 is 0. The first-order valence-electron chi connectivity index (χ1n) is 17.7. The standard InChI is InChI=1S/C45H54N2/c1-10-12-14-38-28-33(5)44(34(6)29-38)47(45-35(7)30-39(15-13-11-2)36(8)37(45)9)43-26-24-42(25-27-43)46(40-20-16-31(3)17-21-40)41-22-18-32(4)19-23-41/h16-30H,10-15H2,1-9H3. The van der Waals surface area contributed by atoms with Crippen molar-refractivity contribution in [3.05, 3.63) is 141 Å². The van der Waals surface area contributed by atoms with Crippen LogP contribution >= 0.6 is 0 Å². The molecule has 2 heteroatoms. The first-order valence-corrected chi connectivity index (χ1v) is 17.7. The van der Waals surface area contributed by atoms with Gasteiger partial charge in [-0.05, 0) is 162 Å². The predicted octanol–water partition coefficient (Wildman–Crippen LogP) is 13.5. The van der Waals surface area contributed by atoms with E-state index in [2.05, 4.69) is 163 Å². The molecule has 5 aromatic carbocycles. The van der Waals surface area contributed by atoms with Gasteiger partial charge in [-0.15, -0.1) is 0 Å². The van der Waals surface area contributed by atoms with Crippen LogP contribution in [0.15, 0.2) is 91.0 Å². The van der Waals surface area contributed by atoms with Gasteiger partial charge in [0.05, 0.1) is 11.4 Å². The van der Waals surface area contributed by atoms with E-state index in [1.54, 1.807) is 0 Å². The summed E-state index contributed by atoms with van der Waals surface area (Å²) in [6.45, 7) is 20.4. The Bertz CT molecular complexity index is 1730. The van der Waals surface area contributed by atoms with Crippen LogP contribution in [-0.4, -0.2) is 0 Å². The van der Waals surface area contributed by atoms with Crippen LogP contribution in [0.3, 0.4) is 0 Å². The lowest BCUT2D eigenvalue weighted by Gasteiger charge is -2.33. The van der Waals surface area contributed by atoms with Crippen molar-refractivity contribution in [3.63, 3.8) is 0 Å². The van der Waals surface area contributed by atoms with E-state index < -0.39 is 0 Å². The fraction of sp³-hybridized carbons (Fsp3) is 0.333. The van der Waals surface area contributed by atoms with E-state index in [4.69, 9.17) is 0 Å². The molecule has 0 aliphatic rings. The zero-order valence-corrected chi connectivity index (χ0v) is 30.3. The molecule has 0 heterocycles. The van der Waals surface area contributed by atoms with Crippen molar-refractivity contribution in [1.29, 1.82) is 0 Å². The van der Waals surface area contributed by atoms with Crippen molar-refractivity contribution < 1.29 is 0 Å². The Labute approximate surface area is 285 Å². The summed E-state index contributed by atoms with van der Waals surface area (Å²) in [5, 5.41) is 0. The van der Waals surface area contributed by atoms with Crippen molar-refractivity contribution in [1.82, 2.24) is 0 Å². The van der Waals surface area contributed by atoms with Crippen LogP contribution < -0.4 is 9.80 Å². The number of benzene rings is 5. The van der Waals surface area contributed by atoms with E-state index in [1.165, 1.54) is 92.8 Å². The van der Waals surface area contributed by atoms with E-state index in [-0.39, 0.29) is 0 Å². The van der Waals surface area contributed by atoms with Crippen LogP contribution in [0.2, 0.25) is 0 Å². The van der Waals surface area contributed by atoms with Crippen LogP contribution in [0.4, 0.5) is 34.1 Å². The van der Waals surface area contributed by atoms with E-state index in [0.29, 0.717) is 0 Å². The van der Waals surface area contributed by atoms with E-state index in [1.807, 2.05) is 0 Å². The summed E-state index contributed by atoms with van der Waals surface area (Å²) in [7, 11) is 0. The molecular formula is C45H54N2. The van der Waals surface area contributed by atoms with Gasteiger partial charge in [0.15, 0.2) is 0 Å². The van der Waals surface area contributed by atoms with E-state index >= 15 is 0 Å². The average molecular weight is 623 g/mol. The lowest BCUT2D eigenvalue weighted by atomic mass is 9.92. The van der Waals surface area contributed by atoms with Crippen molar-refractivity contribution in [2.75, 3.05) is 9.80 Å². The minimum Gasteiger partial charge on any atom is -0.311 e. The molecule has 0 saturated heterocycles. The van der Waals surface area contributed by atoms with Crippen molar-refractivity contribution in [2.45, 2.75) is 101 Å². The molecule has 0 atom stereocenters. The minimum atomic E-state index is 1.13. The van der Waals surface area contributed by atoms with E-state index in [0.717, 1.165) is 29.9 Å². The topological polar surface area (TPSA) is 6.48 Å². The Morgan fingerprint density at radius 3 is 1.30 bits per heavy atom. The molecule has 244 valence electrons. The normalized spacial score (nSPS) is 11.2. The van der Waals surface area contributed by atoms with Crippen LogP contribution in [-0.2, 0) is 12.8 Å². The highest BCUT2D eigenvalue weighted by Gasteiger charge is 2.23. The number of nitrogens with zero attached hydrogens (tertiary/aromatic N) is 2. The maximum absolute atomic E-state index is 2.54. The van der Waals surface area contributed by atoms with Crippen LogP contribution in [0.1, 0.15) is 89.6 Å². The van der Waals surface area contributed by atoms with Gasteiger partial charge in [-0.25, -0.2) is 0 Å². The molecular weight excluding hydrogens is 569 g/mol. The summed E-state index contributed by atoms with van der Waals surface area (Å²) in [5.41, 5.74) is 19.4. The second kappa shape index (κ2) is 15.1. The Morgan fingerprint density at radius 2 is 0.830 bits per heavy atom. The molecule has 2 nitrogen and oxygen atoms in total. The average Bonchev–Trinajstić information content (AvgIpc) is 3.06. The number of rotatable bonds is 12. The number of unbranched alkanes of at least 4 members (excludes halogenated alkanes) is 2. The van der Waals surface area contributed by atoms with Crippen LogP contribution in [0, 0.1) is 48.5 Å². The third kappa shape index (κ3) is 7.49. The smallest absolute Gasteiger partial charge is 0.0523 e. The van der Waals surface area contributed by atoms with Gasteiger partial charge < -0.3 is 9.80 Å². The highest BCUT2D eigenvalue weighted by atomic mass is 15.2. The quantitative estimate of drug-likeness (QED) is 0.137. The van der Waals surface area contributed by atoms with Crippen molar-refractivity contribution in [2.24, 2.45) is 0 Å². The van der Waals surface area contributed by atoms with Crippen LogP contribution in [0.5, 0.6) is 0 Å². The van der Waals surface area contributed by atoms with Gasteiger partial charge >= 0.3 is 0 Å². The van der Waals surface area contributed by atoms with Gasteiger partial charge in [0, 0.05) is 22.7 Å². The molecule has 5 aromatic rings. The molecule has 0 bridgehead atoms. The Morgan fingerprint density at radius 1 is 0.426 bits per heavy atom. The minimum absolute atomic E-state index is 1.13. The lowest BCUT2D eigenvalue weighted by Crippen LogP contribution is -2.17. The summed E-state index contributed by atoms with van der Waals surface area (Å²) in [6.07, 6.45) is 7.13. The summed E-state index contributed by atoms with van der Waals surface area (Å²) in [6, 6.07) is 34.1. The molecule has 0 saturated carbocycles. The molecule has 0 unspecified atom stereocenters. The van der Waals surface area contributed by atoms with Gasteiger partial charge in [0.2, 0.25) is 0 Å². The fourth-order valence-corrected chi connectivity index (χ4v) is 7.00. The molecule has 0 spiro atoms. The number of anilines is 6. The van der Waals surface area contributed by atoms with Gasteiger partial charge in [-0.1, -0.05) is 80.3 Å². The number of hydrogen-bond donors (Lipinski definition) is 0. The first kappa shape index (κ1) is 34.0. The van der Waals surface area contributed by atoms with Crippen molar-refractivity contribution >= 4 is 34.1 Å². The molecule has 5 rings (SSSR count). The maximum Gasteiger partial charge on any atom is 0.0523 e. The maximum atomic E-state index is 2.54. The summed E-state index contributed by atoms with van der Waals surface area (Å²) in [5.74, 6) is 0. The lowest BCUT2D eigenvalue weighted by molar-refractivity contribution is 0.789. The SMILES string of the molecule is CCCCc1cc(C)c(N(c2ccc(N(c3ccc(C)cc3)c3ccc(C)cc3)cc2)c2c(C)cc(CCCC)c(C)c2C)c(C)c1. The Hall–Kier alpha value is -4.30. The molecule has 47 heavy (non-hydrogen) atoms. The molecule has 0 N–H and O–H groups in total. The molecule has 0 radical (unpaired) electrons. The summed E-state index contributed by atoms with van der Waals surface area (Å²) >= 11 is 0. The predicted molar refractivity (Wildman–Crippen MR) is 206 cm³/mol. The van der Waals surface area contributed by atoms with Gasteiger partial charge in [-0.3, -0.25) is 0 Å². The highest BCUT2D eigenvalue weighted by Crippen LogP contribution is 2.45. The first-order chi connectivity index (χ1) is 22.6. The van der Waals surface area contributed by atoms with Crippen LogP contribution in [0.25, 0.3) is 0 Å². The largest absolute Gasteiger partial charge is 0.311 e. The summed E-state index contributed by atoms with van der Waals surface area (Å²) in [4.78, 5) is 4.90. The zero-order chi connectivity index (χ0) is 33.7. The Kier molecular flexibility index (Phi) is 10.9. The van der Waals surface area contributed by atoms with E-state index in [9.17, 15) is 0 Å². The molecule has 0 fully saturated rings. The Balaban J connectivity index is 1.67. The second-order valence-electron chi connectivity index (χ2n) is 13.6. The van der Waals surface area contributed by atoms with Gasteiger partial charge in [0.1, 0.15) is 0 Å². The van der Waals surface area contributed by atoms with Crippen molar-refractivity contribution in [3.8, 4) is 0 Å². The number of aryl methyl sites for hydroxylation is 7. The number of hydrogen-bond acceptors (Lipinski definition) is 2. The third-order valence-corrected chi connectivity index (χ3v) is 9.73. The highest BCUT2D eigenvalue weighted by molar-refractivity contribution is 5.86. The third-order valence-electron chi connectivity index (χ3n) is 9.73. The van der Waals surface area contributed by atoms with Gasteiger partial charge in [-0.2, -0.15) is 0 Å². The van der Waals surface area contributed by atoms with Gasteiger partial charge in [0.25, 0.3) is 0 Å².